The van der Waals surface area contributed by atoms with Crippen molar-refractivity contribution in [3.63, 3.8) is 0 Å². The van der Waals surface area contributed by atoms with Crippen LogP contribution in [0.2, 0.25) is 0 Å². The molecule has 2 aromatic carbocycles. The number of aromatic amines is 1. The SMILES string of the molecule is O=C(CNCc1cccc2[nH]ccc12)N1CCN(c2ccccc2)CC1. The van der Waals surface area contributed by atoms with Gasteiger partial charge >= 0.3 is 0 Å². The lowest BCUT2D eigenvalue weighted by Gasteiger charge is -2.36. The average Bonchev–Trinajstić information content (AvgIpc) is 3.18. The third-order valence-corrected chi connectivity index (χ3v) is 5.03. The summed E-state index contributed by atoms with van der Waals surface area (Å²) in [7, 11) is 0. The molecule has 1 aliphatic heterocycles. The molecule has 1 amide bonds. The van der Waals surface area contributed by atoms with Gasteiger partial charge in [-0.05, 0) is 29.8 Å². The minimum absolute atomic E-state index is 0.180. The van der Waals surface area contributed by atoms with Gasteiger partial charge in [-0.25, -0.2) is 0 Å². The maximum atomic E-state index is 12.5. The Hall–Kier alpha value is -2.79. The highest BCUT2D eigenvalue weighted by molar-refractivity contribution is 5.83. The van der Waals surface area contributed by atoms with Gasteiger partial charge in [-0.3, -0.25) is 4.79 Å². The van der Waals surface area contributed by atoms with Crippen LogP contribution in [0.15, 0.2) is 60.8 Å². The van der Waals surface area contributed by atoms with E-state index >= 15 is 0 Å². The minimum Gasteiger partial charge on any atom is -0.368 e. The van der Waals surface area contributed by atoms with Crippen LogP contribution in [0, 0.1) is 0 Å². The average molecular weight is 348 g/mol. The zero-order valence-electron chi connectivity index (χ0n) is 14.8. The van der Waals surface area contributed by atoms with Crippen molar-refractivity contribution in [2.45, 2.75) is 6.54 Å². The molecule has 1 saturated heterocycles. The summed E-state index contributed by atoms with van der Waals surface area (Å²) in [5.41, 5.74) is 3.58. The smallest absolute Gasteiger partial charge is 0.236 e. The summed E-state index contributed by atoms with van der Waals surface area (Å²) in [5, 5.41) is 4.52. The molecule has 5 nitrogen and oxygen atoms in total. The molecule has 2 N–H and O–H groups in total. The highest BCUT2D eigenvalue weighted by atomic mass is 16.2. The number of rotatable bonds is 5. The van der Waals surface area contributed by atoms with Crippen LogP contribution in [0.3, 0.4) is 0 Å². The molecule has 3 aromatic rings. The number of H-pyrrole nitrogens is 1. The van der Waals surface area contributed by atoms with Crippen molar-refractivity contribution < 1.29 is 4.79 Å². The molecule has 134 valence electrons. The lowest BCUT2D eigenvalue weighted by atomic mass is 10.1. The summed E-state index contributed by atoms with van der Waals surface area (Å²) < 4.78 is 0. The zero-order chi connectivity index (χ0) is 17.8. The fourth-order valence-electron chi connectivity index (χ4n) is 3.57. The van der Waals surface area contributed by atoms with Crippen LogP contribution in [0.4, 0.5) is 5.69 Å². The van der Waals surface area contributed by atoms with Gasteiger partial charge in [0.2, 0.25) is 5.91 Å². The third kappa shape index (κ3) is 3.58. The van der Waals surface area contributed by atoms with Gasteiger partial charge in [0, 0.05) is 55.5 Å². The number of piperazine rings is 1. The summed E-state index contributed by atoms with van der Waals surface area (Å²) in [6.07, 6.45) is 1.95. The Balaban J connectivity index is 1.26. The van der Waals surface area contributed by atoms with E-state index in [0.29, 0.717) is 13.1 Å². The van der Waals surface area contributed by atoms with Gasteiger partial charge in [0.25, 0.3) is 0 Å². The normalized spacial score (nSPS) is 14.8. The molecule has 1 aliphatic rings. The van der Waals surface area contributed by atoms with Crippen LogP contribution >= 0.6 is 0 Å². The first-order valence-corrected chi connectivity index (χ1v) is 9.15. The number of amides is 1. The number of aromatic nitrogens is 1. The van der Waals surface area contributed by atoms with E-state index in [4.69, 9.17) is 0 Å². The van der Waals surface area contributed by atoms with E-state index < -0.39 is 0 Å². The fraction of sp³-hybridized carbons (Fsp3) is 0.286. The van der Waals surface area contributed by atoms with Crippen LogP contribution < -0.4 is 10.2 Å². The van der Waals surface area contributed by atoms with Crippen LogP contribution in [0.5, 0.6) is 0 Å². The van der Waals surface area contributed by atoms with Gasteiger partial charge in [0.15, 0.2) is 0 Å². The number of fused-ring (bicyclic) bond motifs is 1. The maximum absolute atomic E-state index is 12.5. The molecule has 2 heterocycles. The van der Waals surface area contributed by atoms with Crippen LogP contribution in [0.25, 0.3) is 10.9 Å². The van der Waals surface area contributed by atoms with Crippen molar-refractivity contribution in [3.05, 3.63) is 66.4 Å². The number of hydrogen-bond donors (Lipinski definition) is 2. The molecule has 1 fully saturated rings. The quantitative estimate of drug-likeness (QED) is 0.745. The molecular weight excluding hydrogens is 324 g/mol. The summed E-state index contributed by atoms with van der Waals surface area (Å²) >= 11 is 0. The fourth-order valence-corrected chi connectivity index (χ4v) is 3.57. The molecular formula is C21H24N4O. The highest BCUT2D eigenvalue weighted by Gasteiger charge is 2.20. The summed E-state index contributed by atoms with van der Waals surface area (Å²) in [6, 6.07) is 18.7. The van der Waals surface area contributed by atoms with Crippen LogP contribution in [0.1, 0.15) is 5.56 Å². The molecule has 4 rings (SSSR count). The van der Waals surface area contributed by atoms with Gasteiger partial charge in [-0.2, -0.15) is 0 Å². The van der Waals surface area contributed by atoms with Gasteiger partial charge in [0.05, 0.1) is 6.54 Å². The summed E-state index contributed by atoms with van der Waals surface area (Å²) in [6.45, 7) is 4.42. The van der Waals surface area contributed by atoms with E-state index in [1.54, 1.807) is 0 Å². The summed E-state index contributed by atoms with van der Waals surface area (Å²) in [5.74, 6) is 0.180. The lowest BCUT2D eigenvalue weighted by Crippen LogP contribution is -2.50. The van der Waals surface area contributed by atoms with Crippen molar-refractivity contribution in [3.8, 4) is 0 Å². The predicted molar refractivity (Wildman–Crippen MR) is 105 cm³/mol. The number of benzene rings is 2. The Morgan fingerprint density at radius 3 is 2.58 bits per heavy atom. The summed E-state index contributed by atoms with van der Waals surface area (Å²) in [4.78, 5) is 20.0. The molecule has 0 saturated carbocycles. The molecule has 0 unspecified atom stereocenters. The van der Waals surface area contributed by atoms with Crippen LogP contribution in [-0.2, 0) is 11.3 Å². The second kappa shape index (κ2) is 7.62. The Kier molecular flexibility index (Phi) is 4.88. The Morgan fingerprint density at radius 2 is 1.77 bits per heavy atom. The van der Waals surface area contributed by atoms with Gasteiger partial charge < -0.3 is 20.1 Å². The molecule has 1 aromatic heterocycles. The maximum Gasteiger partial charge on any atom is 0.236 e. The molecule has 0 atom stereocenters. The van der Waals surface area contributed by atoms with E-state index in [0.717, 1.165) is 31.7 Å². The Morgan fingerprint density at radius 1 is 0.962 bits per heavy atom. The van der Waals surface area contributed by atoms with Crippen LogP contribution in [-0.4, -0.2) is 48.5 Å². The number of nitrogens with one attached hydrogen (secondary N) is 2. The first kappa shape index (κ1) is 16.7. The number of nitrogens with zero attached hydrogens (tertiary/aromatic N) is 2. The van der Waals surface area contributed by atoms with E-state index in [1.807, 2.05) is 23.2 Å². The topological polar surface area (TPSA) is 51.4 Å². The molecule has 0 aliphatic carbocycles. The first-order valence-electron chi connectivity index (χ1n) is 9.15. The van der Waals surface area contributed by atoms with Crippen molar-refractivity contribution in [1.29, 1.82) is 0 Å². The molecule has 0 spiro atoms. The monoisotopic (exact) mass is 348 g/mol. The van der Waals surface area contributed by atoms with Gasteiger partial charge in [0.1, 0.15) is 0 Å². The van der Waals surface area contributed by atoms with Gasteiger partial charge in [-0.15, -0.1) is 0 Å². The molecule has 26 heavy (non-hydrogen) atoms. The number of para-hydroxylation sites is 1. The minimum atomic E-state index is 0.180. The second-order valence-electron chi connectivity index (χ2n) is 6.66. The van der Waals surface area contributed by atoms with E-state index in [1.165, 1.54) is 16.6 Å². The lowest BCUT2D eigenvalue weighted by molar-refractivity contribution is -0.130. The van der Waals surface area contributed by atoms with Gasteiger partial charge in [-0.1, -0.05) is 30.3 Å². The molecule has 0 bridgehead atoms. The highest BCUT2D eigenvalue weighted by Crippen LogP contribution is 2.17. The largest absolute Gasteiger partial charge is 0.368 e. The number of carbonyl (C=O) groups is 1. The Labute approximate surface area is 153 Å². The first-order chi connectivity index (χ1) is 12.8. The van der Waals surface area contributed by atoms with Crippen molar-refractivity contribution in [2.24, 2.45) is 0 Å². The number of hydrogen-bond acceptors (Lipinski definition) is 3. The van der Waals surface area contributed by atoms with E-state index in [2.05, 4.69) is 57.7 Å². The van der Waals surface area contributed by atoms with E-state index in [-0.39, 0.29) is 5.91 Å². The molecule has 5 heteroatoms. The standard InChI is InChI=1S/C21H24N4O/c26-21(16-22-15-17-5-4-8-20-19(17)9-10-23-20)25-13-11-24(12-14-25)18-6-2-1-3-7-18/h1-10,22-23H,11-16H2. The van der Waals surface area contributed by atoms with E-state index in [9.17, 15) is 4.79 Å². The number of carbonyl (C=O) groups excluding carboxylic acids is 1. The molecule has 0 radical (unpaired) electrons. The van der Waals surface area contributed by atoms with Crippen molar-refractivity contribution in [1.82, 2.24) is 15.2 Å². The Bertz CT molecular complexity index is 866. The number of anilines is 1. The van der Waals surface area contributed by atoms with Crippen molar-refractivity contribution in [2.75, 3.05) is 37.6 Å². The predicted octanol–water partition coefficient (Wildman–Crippen LogP) is 2.61. The zero-order valence-corrected chi connectivity index (χ0v) is 14.8. The second-order valence-corrected chi connectivity index (χ2v) is 6.66. The third-order valence-electron chi connectivity index (χ3n) is 5.03. The van der Waals surface area contributed by atoms with Crippen molar-refractivity contribution >= 4 is 22.5 Å².